The summed E-state index contributed by atoms with van der Waals surface area (Å²) >= 11 is 6.28. The second-order valence-electron chi connectivity index (χ2n) is 7.58. The molecule has 2 heterocycles. The first-order chi connectivity index (χ1) is 16.1. The Hall–Kier alpha value is -3.90. The predicted octanol–water partition coefficient (Wildman–Crippen LogP) is 5.88. The van der Waals surface area contributed by atoms with Crippen LogP contribution in [-0.4, -0.2) is 27.7 Å². The fourth-order valence-corrected chi connectivity index (χ4v) is 4.18. The van der Waals surface area contributed by atoms with E-state index in [-0.39, 0.29) is 12.3 Å². The van der Waals surface area contributed by atoms with Gasteiger partial charge in [-0.05, 0) is 35.7 Å². The molecular weight excluding hydrogens is 438 g/mol. The fourth-order valence-electron chi connectivity index (χ4n) is 3.99. The van der Waals surface area contributed by atoms with E-state index in [1.54, 1.807) is 6.92 Å². The van der Waals surface area contributed by atoms with E-state index in [1.165, 1.54) is 11.6 Å². The predicted molar refractivity (Wildman–Crippen MR) is 128 cm³/mol. The molecule has 3 aromatic carbocycles. The number of rotatable bonds is 5. The molecule has 0 radical (unpaired) electrons. The Bertz CT molecular complexity index is 1500. The largest absolute Gasteiger partial charge is 0.486 e. The van der Waals surface area contributed by atoms with E-state index in [0.717, 1.165) is 27.5 Å². The third kappa shape index (κ3) is 3.79. The molecule has 0 aliphatic rings. The van der Waals surface area contributed by atoms with E-state index >= 15 is 0 Å². The molecule has 0 atom stereocenters. The van der Waals surface area contributed by atoms with Crippen molar-refractivity contribution in [1.29, 1.82) is 0 Å². The van der Waals surface area contributed by atoms with Crippen LogP contribution in [0.15, 0.2) is 72.8 Å². The topological polar surface area (TPSA) is 65.7 Å². The number of benzene rings is 3. The Balaban J connectivity index is 1.84. The first kappa shape index (κ1) is 21.0. The number of nitrogens with zero attached hydrogens (tertiary/aromatic N) is 3. The highest BCUT2D eigenvalue weighted by molar-refractivity contribution is 6.31. The fraction of sp³-hybridized carbons (Fsp3) is 0.115. The minimum Gasteiger partial charge on any atom is -0.486 e. The smallest absolute Gasteiger partial charge is 0.360 e. The lowest BCUT2D eigenvalue weighted by atomic mass is 9.98. The van der Waals surface area contributed by atoms with Crippen molar-refractivity contribution in [3.63, 3.8) is 0 Å². The number of carbonyl (C=O) groups excluding carboxylic acids is 1. The van der Waals surface area contributed by atoms with Gasteiger partial charge in [0.1, 0.15) is 12.4 Å². The van der Waals surface area contributed by atoms with E-state index in [9.17, 15) is 4.79 Å². The molecule has 0 aliphatic carbocycles. The zero-order valence-corrected chi connectivity index (χ0v) is 18.8. The van der Waals surface area contributed by atoms with Crippen LogP contribution in [0.1, 0.15) is 21.9 Å². The summed E-state index contributed by atoms with van der Waals surface area (Å²) in [6, 6.07) is 23.2. The minimum atomic E-state index is -0.553. The van der Waals surface area contributed by atoms with E-state index in [1.807, 2.05) is 72.8 Å². The molecule has 164 valence electrons. The van der Waals surface area contributed by atoms with Crippen LogP contribution in [0.25, 0.3) is 27.5 Å². The average Bonchev–Trinajstić information content (AvgIpc) is 3.23. The van der Waals surface area contributed by atoms with Gasteiger partial charge in [-0.1, -0.05) is 72.3 Å². The number of methoxy groups -OCH3 is 1. The summed E-state index contributed by atoms with van der Waals surface area (Å²) in [6.45, 7) is 2.06. The average molecular weight is 458 g/mol. The van der Waals surface area contributed by atoms with Gasteiger partial charge in [-0.3, -0.25) is 0 Å². The molecule has 0 aliphatic heterocycles. The van der Waals surface area contributed by atoms with Crippen LogP contribution in [0.5, 0.6) is 5.75 Å². The number of halogens is 1. The number of carbonyl (C=O) groups is 1. The monoisotopic (exact) mass is 457 g/mol. The van der Waals surface area contributed by atoms with Crippen LogP contribution in [0.2, 0.25) is 5.02 Å². The van der Waals surface area contributed by atoms with E-state index in [4.69, 9.17) is 21.1 Å². The Morgan fingerprint density at radius 1 is 1.03 bits per heavy atom. The SMILES string of the molecule is COC(=O)c1c(OCc2ccccc2)c2cccc(-c3cccc(Cl)c3)c2c2nc(C)nn12. The van der Waals surface area contributed by atoms with Gasteiger partial charge in [-0.2, -0.15) is 5.10 Å². The molecule has 2 aromatic heterocycles. The number of aryl methyl sites for hydroxylation is 1. The highest BCUT2D eigenvalue weighted by atomic mass is 35.5. The molecule has 5 rings (SSSR count). The van der Waals surface area contributed by atoms with Crippen LogP contribution >= 0.6 is 11.6 Å². The van der Waals surface area contributed by atoms with Crippen LogP contribution < -0.4 is 4.74 Å². The zero-order chi connectivity index (χ0) is 22.9. The Morgan fingerprint density at radius 3 is 2.58 bits per heavy atom. The molecule has 0 saturated heterocycles. The number of aromatic nitrogens is 3. The first-order valence-electron chi connectivity index (χ1n) is 10.4. The van der Waals surface area contributed by atoms with Crippen molar-refractivity contribution in [2.45, 2.75) is 13.5 Å². The molecule has 0 spiro atoms. The molecule has 0 N–H and O–H groups in total. The summed E-state index contributed by atoms with van der Waals surface area (Å²) < 4.78 is 12.9. The standard InChI is InChI=1S/C26H20ClN3O3/c1-16-28-25-22-20(18-10-6-11-19(27)14-18)12-7-13-21(22)24(23(26(31)32-2)30(25)29-16)33-15-17-8-4-3-5-9-17/h3-14H,15H2,1-2H3. The molecule has 33 heavy (non-hydrogen) atoms. The highest BCUT2D eigenvalue weighted by Gasteiger charge is 2.26. The molecule has 5 aromatic rings. The van der Waals surface area contributed by atoms with Crippen LogP contribution in [0.4, 0.5) is 0 Å². The summed E-state index contributed by atoms with van der Waals surface area (Å²) in [5.74, 6) is 0.368. The highest BCUT2D eigenvalue weighted by Crippen LogP contribution is 2.39. The van der Waals surface area contributed by atoms with Crippen molar-refractivity contribution in [3.8, 4) is 16.9 Å². The van der Waals surface area contributed by atoms with Crippen LogP contribution in [0.3, 0.4) is 0 Å². The molecule has 6 nitrogen and oxygen atoms in total. The van der Waals surface area contributed by atoms with Crippen molar-refractivity contribution >= 4 is 34.0 Å². The van der Waals surface area contributed by atoms with Gasteiger partial charge in [-0.25, -0.2) is 14.3 Å². The third-order valence-corrected chi connectivity index (χ3v) is 5.65. The van der Waals surface area contributed by atoms with Crippen molar-refractivity contribution in [2.24, 2.45) is 0 Å². The number of hydrogen-bond donors (Lipinski definition) is 0. The summed E-state index contributed by atoms with van der Waals surface area (Å²) in [5.41, 5.74) is 3.55. The lowest BCUT2D eigenvalue weighted by Gasteiger charge is -2.17. The Labute approximate surface area is 195 Å². The number of esters is 1. The zero-order valence-electron chi connectivity index (χ0n) is 18.1. The van der Waals surface area contributed by atoms with Crippen molar-refractivity contribution < 1.29 is 14.3 Å². The summed E-state index contributed by atoms with van der Waals surface area (Å²) in [4.78, 5) is 17.5. The minimum absolute atomic E-state index is 0.194. The number of hydrogen-bond acceptors (Lipinski definition) is 5. The van der Waals surface area contributed by atoms with Crippen molar-refractivity contribution in [1.82, 2.24) is 14.6 Å². The molecule has 0 unspecified atom stereocenters. The van der Waals surface area contributed by atoms with Gasteiger partial charge in [0.25, 0.3) is 0 Å². The molecule has 0 fully saturated rings. The molecule has 0 amide bonds. The number of ether oxygens (including phenoxy) is 2. The maximum absolute atomic E-state index is 12.9. The van der Waals surface area contributed by atoms with Crippen molar-refractivity contribution in [2.75, 3.05) is 7.11 Å². The van der Waals surface area contributed by atoms with Gasteiger partial charge in [0, 0.05) is 15.8 Å². The van der Waals surface area contributed by atoms with Gasteiger partial charge in [-0.15, -0.1) is 0 Å². The van der Waals surface area contributed by atoms with Gasteiger partial charge in [0.2, 0.25) is 0 Å². The van der Waals surface area contributed by atoms with Crippen LogP contribution in [0, 0.1) is 6.92 Å². The lowest BCUT2D eigenvalue weighted by molar-refractivity contribution is 0.0585. The summed E-state index contributed by atoms with van der Waals surface area (Å²) in [7, 11) is 1.34. The second kappa shape index (κ2) is 8.56. The Kier molecular flexibility index (Phi) is 5.44. The molecular formula is C26H20ClN3O3. The number of pyridine rings is 1. The van der Waals surface area contributed by atoms with Crippen LogP contribution in [-0.2, 0) is 11.3 Å². The third-order valence-electron chi connectivity index (χ3n) is 5.41. The van der Waals surface area contributed by atoms with Gasteiger partial charge in [0.15, 0.2) is 17.1 Å². The molecule has 0 saturated carbocycles. The Morgan fingerprint density at radius 2 is 1.82 bits per heavy atom. The molecule has 0 bridgehead atoms. The lowest BCUT2D eigenvalue weighted by Crippen LogP contribution is -2.13. The van der Waals surface area contributed by atoms with E-state index in [0.29, 0.717) is 22.2 Å². The summed E-state index contributed by atoms with van der Waals surface area (Å²) in [5, 5.41) is 6.68. The van der Waals surface area contributed by atoms with E-state index < -0.39 is 5.97 Å². The quantitative estimate of drug-likeness (QED) is 0.308. The maximum Gasteiger partial charge on any atom is 0.360 e. The number of fused-ring (bicyclic) bond motifs is 3. The maximum atomic E-state index is 12.9. The van der Waals surface area contributed by atoms with Gasteiger partial charge >= 0.3 is 5.97 Å². The summed E-state index contributed by atoms with van der Waals surface area (Å²) in [6.07, 6.45) is 0. The van der Waals surface area contributed by atoms with Crippen molar-refractivity contribution in [3.05, 3.63) is 94.9 Å². The van der Waals surface area contributed by atoms with E-state index in [2.05, 4.69) is 10.1 Å². The van der Waals surface area contributed by atoms with Gasteiger partial charge < -0.3 is 9.47 Å². The first-order valence-corrected chi connectivity index (χ1v) is 10.8. The second-order valence-corrected chi connectivity index (χ2v) is 8.01. The van der Waals surface area contributed by atoms with Gasteiger partial charge in [0.05, 0.1) is 7.11 Å². The molecule has 7 heteroatoms. The normalized spacial score (nSPS) is 11.1.